The van der Waals surface area contributed by atoms with Crippen LogP contribution < -0.4 is 9.64 Å². The smallest absolute Gasteiger partial charge is 0.416 e. The second kappa shape index (κ2) is 11.2. The number of anilines is 1. The molecule has 4 aromatic rings. The van der Waals surface area contributed by atoms with Gasteiger partial charge in [0.1, 0.15) is 17.0 Å². The van der Waals surface area contributed by atoms with Crippen molar-refractivity contribution in [1.82, 2.24) is 19.5 Å². The molecule has 228 valence electrons. The average molecular weight is 597 g/mol. The Morgan fingerprint density at radius 1 is 1.16 bits per heavy atom. The molecule has 2 aliphatic rings. The van der Waals surface area contributed by atoms with E-state index in [0.29, 0.717) is 56.0 Å². The largest absolute Gasteiger partial charge is 0.497 e. The first kappa shape index (κ1) is 29.5. The van der Waals surface area contributed by atoms with Crippen LogP contribution in [0.4, 0.5) is 10.6 Å². The molecule has 1 saturated carbocycles. The van der Waals surface area contributed by atoms with Gasteiger partial charge in [-0.15, -0.1) is 0 Å². The quantitative estimate of drug-likeness (QED) is 0.294. The molecule has 0 bridgehead atoms. The van der Waals surface area contributed by atoms with Crippen molar-refractivity contribution in [2.75, 3.05) is 18.6 Å². The van der Waals surface area contributed by atoms with Gasteiger partial charge in [0.25, 0.3) is 0 Å². The van der Waals surface area contributed by atoms with Crippen molar-refractivity contribution in [2.24, 2.45) is 5.41 Å². The van der Waals surface area contributed by atoms with E-state index in [9.17, 15) is 15.2 Å². The Kier molecular flexibility index (Phi) is 7.51. The van der Waals surface area contributed by atoms with Gasteiger partial charge in [-0.2, -0.15) is 5.26 Å². The van der Waals surface area contributed by atoms with E-state index in [1.54, 1.807) is 31.9 Å². The normalized spacial score (nSPS) is 23.6. The van der Waals surface area contributed by atoms with Crippen LogP contribution in [-0.2, 0) is 28.2 Å². The van der Waals surface area contributed by atoms with Gasteiger partial charge in [-0.1, -0.05) is 19.1 Å². The molecule has 0 unspecified atom stereocenters. The number of nitriles is 1. The fourth-order valence-corrected chi connectivity index (χ4v) is 6.35. The number of rotatable bonds is 8. The molecule has 6 rings (SSSR count). The standard InChI is InChI=1S/C33H36N6O5/c1-31(2,43-17-22-5-8-24(42-4)9-6-22)27-15-36-29(16-35-27)39-20-33(44-30(39)41)12-11-28(40)32(3,18-33)19-38-21-37-25-10-7-23(14-34)13-26(25)38/h5-10,13,15-16,21,28,40H,11-12,17-20H2,1-4H3/t28-,32+,33+/m1/s1. The number of imidazole rings is 1. The Labute approximate surface area is 256 Å². The number of amides is 1. The molecule has 44 heavy (non-hydrogen) atoms. The van der Waals surface area contributed by atoms with Crippen LogP contribution in [0.15, 0.2) is 61.2 Å². The summed E-state index contributed by atoms with van der Waals surface area (Å²) in [6, 6.07) is 15.2. The second-order valence-corrected chi connectivity index (χ2v) is 12.6. The summed E-state index contributed by atoms with van der Waals surface area (Å²) in [6.45, 7) is 7.02. The van der Waals surface area contributed by atoms with E-state index in [-0.39, 0.29) is 0 Å². The zero-order valence-electron chi connectivity index (χ0n) is 25.4. The molecule has 1 saturated heterocycles. The van der Waals surface area contributed by atoms with Crippen molar-refractivity contribution >= 4 is 22.9 Å². The molecule has 2 aromatic carbocycles. The lowest BCUT2D eigenvalue weighted by atomic mass is 9.66. The van der Waals surface area contributed by atoms with Gasteiger partial charge in [0.2, 0.25) is 0 Å². The number of aliphatic hydroxyl groups excluding tert-OH is 1. The van der Waals surface area contributed by atoms with E-state index < -0.39 is 28.8 Å². The minimum atomic E-state index is -0.777. The molecule has 3 atom stereocenters. The second-order valence-electron chi connectivity index (χ2n) is 12.6. The van der Waals surface area contributed by atoms with Crippen molar-refractivity contribution in [3.05, 3.63) is 78.0 Å². The molecule has 11 heteroatoms. The average Bonchev–Trinajstić information content (AvgIpc) is 3.57. The Morgan fingerprint density at radius 2 is 1.95 bits per heavy atom. The zero-order valence-corrected chi connectivity index (χ0v) is 25.4. The van der Waals surface area contributed by atoms with Gasteiger partial charge in [0.05, 0.1) is 73.4 Å². The first-order valence-corrected chi connectivity index (χ1v) is 14.7. The molecule has 1 aliphatic heterocycles. The van der Waals surface area contributed by atoms with E-state index in [1.807, 2.05) is 61.7 Å². The number of ether oxygens (including phenoxy) is 3. The van der Waals surface area contributed by atoms with Crippen LogP contribution in [0.2, 0.25) is 0 Å². The van der Waals surface area contributed by atoms with Gasteiger partial charge in [-0.3, -0.25) is 9.88 Å². The third-order valence-corrected chi connectivity index (χ3v) is 8.95. The number of aliphatic hydroxyl groups is 1. The molecule has 0 radical (unpaired) electrons. The minimum Gasteiger partial charge on any atom is -0.497 e. The van der Waals surface area contributed by atoms with Crippen molar-refractivity contribution < 1.29 is 24.1 Å². The lowest BCUT2D eigenvalue weighted by Gasteiger charge is -2.46. The monoisotopic (exact) mass is 596 g/mol. The van der Waals surface area contributed by atoms with Crippen molar-refractivity contribution in [3.63, 3.8) is 0 Å². The Bertz CT molecular complexity index is 1710. The van der Waals surface area contributed by atoms with Crippen LogP contribution in [-0.4, -0.2) is 56.1 Å². The maximum absolute atomic E-state index is 13.2. The van der Waals surface area contributed by atoms with Crippen LogP contribution in [0, 0.1) is 16.7 Å². The van der Waals surface area contributed by atoms with Gasteiger partial charge in [-0.05, 0) is 69.0 Å². The first-order chi connectivity index (χ1) is 21.0. The molecule has 3 heterocycles. The van der Waals surface area contributed by atoms with E-state index in [1.165, 1.54) is 4.90 Å². The van der Waals surface area contributed by atoms with Gasteiger partial charge >= 0.3 is 6.09 Å². The Balaban J connectivity index is 1.15. The predicted molar refractivity (Wildman–Crippen MR) is 162 cm³/mol. The molecular formula is C33H36N6O5. The number of carbonyl (C=O) groups excluding carboxylic acids is 1. The van der Waals surface area contributed by atoms with E-state index >= 15 is 0 Å². The third-order valence-electron chi connectivity index (χ3n) is 8.95. The summed E-state index contributed by atoms with van der Waals surface area (Å²) in [5.74, 6) is 1.19. The highest BCUT2D eigenvalue weighted by Gasteiger charge is 2.55. The topological polar surface area (TPSA) is 136 Å². The highest BCUT2D eigenvalue weighted by Crippen LogP contribution is 2.48. The van der Waals surface area contributed by atoms with Crippen LogP contribution in [0.5, 0.6) is 5.75 Å². The Morgan fingerprint density at radius 3 is 2.66 bits per heavy atom. The highest BCUT2D eigenvalue weighted by atomic mass is 16.6. The molecular weight excluding hydrogens is 560 g/mol. The number of hydrogen-bond donors (Lipinski definition) is 1. The van der Waals surface area contributed by atoms with Crippen LogP contribution in [0.1, 0.15) is 56.9 Å². The summed E-state index contributed by atoms with van der Waals surface area (Å²) in [5, 5.41) is 20.5. The SMILES string of the molecule is COc1ccc(COC(C)(C)c2cnc(N3C[C@@]4(CC[C@@H](O)[C@](C)(Cn5cnc6ccc(C#N)cc65)C4)OC3=O)cn2)cc1. The molecule has 1 amide bonds. The van der Waals surface area contributed by atoms with Crippen molar-refractivity contribution in [3.8, 4) is 11.8 Å². The Hall–Kier alpha value is -4.53. The van der Waals surface area contributed by atoms with Crippen molar-refractivity contribution in [2.45, 2.75) is 70.5 Å². The lowest BCUT2D eigenvalue weighted by Crippen LogP contribution is -2.51. The van der Waals surface area contributed by atoms with Crippen molar-refractivity contribution in [1.29, 1.82) is 5.26 Å². The number of carbonyl (C=O) groups is 1. The van der Waals surface area contributed by atoms with Gasteiger partial charge in [0.15, 0.2) is 5.82 Å². The molecule has 1 aliphatic carbocycles. The maximum atomic E-state index is 13.2. The summed E-state index contributed by atoms with van der Waals surface area (Å²) in [5.41, 5.74) is 1.70. The summed E-state index contributed by atoms with van der Waals surface area (Å²) in [7, 11) is 1.63. The number of benzene rings is 2. The lowest BCUT2D eigenvalue weighted by molar-refractivity contribution is -0.0944. The van der Waals surface area contributed by atoms with Crippen LogP contribution in [0.3, 0.4) is 0 Å². The zero-order chi connectivity index (χ0) is 31.1. The van der Waals surface area contributed by atoms with Gasteiger partial charge in [-0.25, -0.2) is 14.8 Å². The number of nitrogens with zero attached hydrogens (tertiary/aromatic N) is 6. The summed E-state index contributed by atoms with van der Waals surface area (Å²) in [4.78, 5) is 28.4. The summed E-state index contributed by atoms with van der Waals surface area (Å²) >= 11 is 0. The summed E-state index contributed by atoms with van der Waals surface area (Å²) < 4.78 is 19.4. The number of hydrogen-bond acceptors (Lipinski definition) is 9. The molecule has 1 N–H and O–H groups in total. The molecule has 2 fully saturated rings. The van der Waals surface area contributed by atoms with E-state index in [2.05, 4.69) is 21.0 Å². The maximum Gasteiger partial charge on any atom is 0.416 e. The third kappa shape index (κ3) is 5.58. The number of fused-ring (bicyclic) bond motifs is 1. The van der Waals surface area contributed by atoms with Crippen LogP contribution >= 0.6 is 0 Å². The molecule has 2 aromatic heterocycles. The fraction of sp³-hybridized carbons (Fsp3) is 0.424. The van der Waals surface area contributed by atoms with Crippen LogP contribution in [0.25, 0.3) is 11.0 Å². The summed E-state index contributed by atoms with van der Waals surface area (Å²) in [6.07, 6.45) is 5.34. The van der Waals surface area contributed by atoms with E-state index in [4.69, 9.17) is 14.2 Å². The minimum absolute atomic E-state index is 0.308. The van der Waals surface area contributed by atoms with Gasteiger partial charge < -0.3 is 23.9 Å². The number of methoxy groups -OCH3 is 1. The number of aromatic nitrogens is 4. The van der Waals surface area contributed by atoms with E-state index in [0.717, 1.165) is 22.3 Å². The highest BCUT2D eigenvalue weighted by molar-refractivity contribution is 5.89. The molecule has 11 nitrogen and oxygen atoms in total. The van der Waals surface area contributed by atoms with Gasteiger partial charge in [0, 0.05) is 12.0 Å². The molecule has 1 spiro atoms. The fourth-order valence-electron chi connectivity index (χ4n) is 6.35. The first-order valence-electron chi connectivity index (χ1n) is 14.7. The predicted octanol–water partition coefficient (Wildman–Crippen LogP) is 5.11.